The molecule has 1 aromatic carbocycles. The molecule has 1 amide bonds. The summed E-state index contributed by atoms with van der Waals surface area (Å²) in [7, 11) is 0. The van der Waals surface area contributed by atoms with Gasteiger partial charge in [-0.2, -0.15) is 0 Å². The first-order valence-corrected chi connectivity index (χ1v) is 6.59. The van der Waals surface area contributed by atoms with Gasteiger partial charge in [-0.1, -0.05) is 11.6 Å². The average Bonchev–Trinajstić information content (AvgIpc) is 2.81. The number of amides is 1. The summed E-state index contributed by atoms with van der Waals surface area (Å²) in [6, 6.07) is 8.21. The number of aryl methyl sites for hydroxylation is 1. The van der Waals surface area contributed by atoms with Crippen LogP contribution in [0.5, 0.6) is 0 Å². The Morgan fingerprint density at radius 2 is 2.06 bits per heavy atom. The molecule has 2 atom stereocenters. The lowest BCUT2D eigenvalue weighted by Crippen LogP contribution is -2.30. The summed E-state index contributed by atoms with van der Waals surface area (Å²) >= 11 is 0. The van der Waals surface area contributed by atoms with E-state index in [1.165, 1.54) is 12.0 Å². The van der Waals surface area contributed by atoms with Crippen LogP contribution in [0, 0.1) is 18.8 Å². The van der Waals surface area contributed by atoms with E-state index in [-0.39, 0.29) is 5.91 Å². The lowest BCUT2D eigenvalue weighted by atomic mass is 10.2. The van der Waals surface area contributed by atoms with Crippen LogP contribution in [0.1, 0.15) is 22.5 Å². The number of aromatic nitrogens is 1. The van der Waals surface area contributed by atoms with Crippen LogP contribution < -0.4 is 0 Å². The molecular formula is C15H16N2O. The van der Waals surface area contributed by atoms with Crippen molar-refractivity contribution in [2.24, 2.45) is 11.8 Å². The minimum absolute atomic E-state index is 0.163. The van der Waals surface area contributed by atoms with Crippen LogP contribution in [-0.2, 0) is 0 Å². The Kier molecular flexibility index (Phi) is 1.91. The second kappa shape index (κ2) is 3.37. The topological polar surface area (TPSA) is 36.1 Å². The molecule has 3 nitrogen and oxygen atoms in total. The van der Waals surface area contributed by atoms with Gasteiger partial charge in [0.15, 0.2) is 0 Å². The monoisotopic (exact) mass is 240 g/mol. The zero-order chi connectivity index (χ0) is 12.3. The smallest absolute Gasteiger partial charge is 0.270 e. The number of likely N-dealkylation sites (tertiary alicyclic amines) is 1. The van der Waals surface area contributed by atoms with Gasteiger partial charge < -0.3 is 9.88 Å². The van der Waals surface area contributed by atoms with Crippen molar-refractivity contribution in [1.29, 1.82) is 0 Å². The van der Waals surface area contributed by atoms with Crippen LogP contribution in [0.3, 0.4) is 0 Å². The van der Waals surface area contributed by atoms with E-state index in [0.29, 0.717) is 0 Å². The summed E-state index contributed by atoms with van der Waals surface area (Å²) in [4.78, 5) is 17.6. The fraction of sp³-hybridized carbons (Fsp3) is 0.400. The molecule has 0 spiro atoms. The summed E-state index contributed by atoms with van der Waals surface area (Å²) in [6.07, 6.45) is 1.33. The quantitative estimate of drug-likeness (QED) is 0.817. The molecule has 1 aliphatic carbocycles. The summed E-state index contributed by atoms with van der Waals surface area (Å²) < 4.78 is 0. The molecule has 2 aliphatic rings. The number of piperidine rings is 1. The Balaban J connectivity index is 1.67. The number of carbonyl (C=O) groups excluding carboxylic acids is 1. The SMILES string of the molecule is Cc1ccc2[nH]c(C(=O)N3CC4CC4C3)cc2c1. The van der Waals surface area contributed by atoms with Gasteiger partial charge in [0.2, 0.25) is 0 Å². The summed E-state index contributed by atoms with van der Waals surface area (Å²) in [6.45, 7) is 3.98. The van der Waals surface area contributed by atoms with Crippen LogP contribution in [0.4, 0.5) is 0 Å². The molecule has 2 fully saturated rings. The molecule has 3 heteroatoms. The zero-order valence-corrected chi connectivity index (χ0v) is 10.4. The minimum Gasteiger partial charge on any atom is -0.351 e. The molecule has 1 saturated heterocycles. The number of nitrogens with one attached hydrogen (secondary N) is 1. The van der Waals surface area contributed by atoms with Crippen molar-refractivity contribution < 1.29 is 4.79 Å². The van der Waals surface area contributed by atoms with Gasteiger partial charge in [0.1, 0.15) is 5.69 Å². The van der Waals surface area contributed by atoms with E-state index in [9.17, 15) is 4.79 Å². The first kappa shape index (κ1) is 10.2. The second-order valence-electron chi connectivity index (χ2n) is 5.74. The number of aromatic amines is 1. The average molecular weight is 240 g/mol. The van der Waals surface area contributed by atoms with Gasteiger partial charge in [0.05, 0.1) is 0 Å². The molecule has 1 aliphatic heterocycles. The van der Waals surface area contributed by atoms with E-state index in [1.807, 2.05) is 17.0 Å². The van der Waals surface area contributed by atoms with Gasteiger partial charge in [0.25, 0.3) is 5.91 Å². The van der Waals surface area contributed by atoms with E-state index < -0.39 is 0 Å². The number of fused-ring (bicyclic) bond motifs is 2. The molecule has 92 valence electrons. The van der Waals surface area contributed by atoms with Crippen molar-refractivity contribution in [3.05, 3.63) is 35.5 Å². The van der Waals surface area contributed by atoms with Crippen molar-refractivity contribution in [3.63, 3.8) is 0 Å². The third-order valence-electron chi connectivity index (χ3n) is 4.27. The normalized spacial score (nSPS) is 25.5. The van der Waals surface area contributed by atoms with Crippen LogP contribution >= 0.6 is 0 Å². The third kappa shape index (κ3) is 1.47. The van der Waals surface area contributed by atoms with Crippen molar-refractivity contribution in [3.8, 4) is 0 Å². The van der Waals surface area contributed by atoms with Crippen LogP contribution in [-0.4, -0.2) is 28.9 Å². The molecule has 0 bridgehead atoms. The largest absolute Gasteiger partial charge is 0.351 e. The van der Waals surface area contributed by atoms with Crippen molar-refractivity contribution >= 4 is 16.8 Å². The highest BCUT2D eigenvalue weighted by atomic mass is 16.2. The van der Waals surface area contributed by atoms with E-state index in [2.05, 4.69) is 24.0 Å². The number of nitrogens with zero attached hydrogens (tertiary/aromatic N) is 1. The molecule has 1 N–H and O–H groups in total. The number of rotatable bonds is 1. The lowest BCUT2D eigenvalue weighted by molar-refractivity contribution is 0.0770. The van der Waals surface area contributed by atoms with Crippen molar-refractivity contribution in [2.75, 3.05) is 13.1 Å². The molecule has 0 radical (unpaired) electrons. The highest BCUT2D eigenvalue weighted by Crippen LogP contribution is 2.45. The van der Waals surface area contributed by atoms with E-state index in [4.69, 9.17) is 0 Å². The fourth-order valence-corrected chi connectivity index (χ4v) is 3.10. The Morgan fingerprint density at radius 3 is 2.83 bits per heavy atom. The standard InChI is InChI=1S/C15H16N2O/c1-9-2-3-13-10(4-9)6-14(16-13)15(18)17-7-11-5-12(11)8-17/h2-4,6,11-12,16H,5,7-8H2,1H3. The minimum atomic E-state index is 0.163. The van der Waals surface area contributed by atoms with Crippen LogP contribution in [0.2, 0.25) is 0 Å². The second-order valence-corrected chi connectivity index (χ2v) is 5.74. The summed E-state index contributed by atoms with van der Waals surface area (Å²) in [5.41, 5.74) is 3.01. The Hall–Kier alpha value is -1.77. The summed E-state index contributed by atoms with van der Waals surface area (Å²) in [5.74, 6) is 1.75. The first-order valence-electron chi connectivity index (χ1n) is 6.59. The highest BCUT2D eigenvalue weighted by molar-refractivity contribution is 5.98. The fourth-order valence-electron chi connectivity index (χ4n) is 3.10. The predicted octanol–water partition coefficient (Wildman–Crippen LogP) is 2.57. The van der Waals surface area contributed by atoms with Gasteiger partial charge in [-0.25, -0.2) is 0 Å². The van der Waals surface area contributed by atoms with Crippen LogP contribution in [0.15, 0.2) is 24.3 Å². The number of carbonyl (C=O) groups is 1. The molecule has 4 rings (SSSR count). The Morgan fingerprint density at radius 1 is 1.28 bits per heavy atom. The highest BCUT2D eigenvalue weighted by Gasteiger charge is 2.46. The van der Waals surface area contributed by atoms with Gasteiger partial charge >= 0.3 is 0 Å². The summed E-state index contributed by atoms with van der Waals surface area (Å²) in [5, 5.41) is 1.13. The number of hydrogen-bond donors (Lipinski definition) is 1. The van der Waals surface area contributed by atoms with Gasteiger partial charge in [-0.3, -0.25) is 4.79 Å². The number of hydrogen-bond acceptors (Lipinski definition) is 1. The van der Waals surface area contributed by atoms with Gasteiger partial charge in [-0.05, 0) is 43.4 Å². The van der Waals surface area contributed by atoms with Crippen molar-refractivity contribution in [2.45, 2.75) is 13.3 Å². The molecule has 2 aromatic rings. The van der Waals surface area contributed by atoms with E-state index >= 15 is 0 Å². The molecule has 2 heterocycles. The zero-order valence-electron chi connectivity index (χ0n) is 10.4. The Labute approximate surface area is 106 Å². The maximum Gasteiger partial charge on any atom is 0.270 e. The van der Waals surface area contributed by atoms with E-state index in [1.54, 1.807) is 0 Å². The van der Waals surface area contributed by atoms with E-state index in [0.717, 1.165) is 41.5 Å². The Bertz CT molecular complexity index is 633. The van der Waals surface area contributed by atoms with Gasteiger partial charge in [-0.15, -0.1) is 0 Å². The van der Waals surface area contributed by atoms with Gasteiger partial charge in [0, 0.05) is 24.0 Å². The maximum atomic E-state index is 12.4. The molecule has 18 heavy (non-hydrogen) atoms. The number of H-pyrrole nitrogens is 1. The predicted molar refractivity (Wildman–Crippen MR) is 70.5 cm³/mol. The molecule has 1 saturated carbocycles. The molecule has 1 aromatic heterocycles. The van der Waals surface area contributed by atoms with Crippen LogP contribution in [0.25, 0.3) is 10.9 Å². The molecular weight excluding hydrogens is 224 g/mol. The lowest BCUT2D eigenvalue weighted by Gasteiger charge is -2.16. The number of benzene rings is 1. The molecule has 2 unspecified atom stereocenters. The van der Waals surface area contributed by atoms with Crippen molar-refractivity contribution in [1.82, 2.24) is 9.88 Å². The maximum absolute atomic E-state index is 12.4. The third-order valence-corrected chi connectivity index (χ3v) is 4.27. The first-order chi connectivity index (χ1) is 8.70.